The van der Waals surface area contributed by atoms with Crippen molar-refractivity contribution in [3.63, 3.8) is 0 Å². The smallest absolute Gasteiger partial charge is 0.219 e. The molecule has 0 spiro atoms. The minimum absolute atomic E-state index is 0.155. The summed E-state index contributed by atoms with van der Waals surface area (Å²) in [6, 6.07) is 21.8. The molecule has 0 unspecified atom stereocenters. The Bertz CT molecular complexity index is 1640. The predicted molar refractivity (Wildman–Crippen MR) is 150 cm³/mol. The van der Waals surface area contributed by atoms with Crippen LogP contribution in [0.15, 0.2) is 73.1 Å². The summed E-state index contributed by atoms with van der Waals surface area (Å²) in [5.41, 5.74) is 9.84. The fraction of sp³-hybridized carbons (Fsp3) is 0.258. The molecule has 1 aliphatic heterocycles. The zero-order valence-electron chi connectivity index (χ0n) is 21.8. The summed E-state index contributed by atoms with van der Waals surface area (Å²) < 4.78 is 2.16. The summed E-state index contributed by atoms with van der Waals surface area (Å²) in [7, 11) is 0. The van der Waals surface area contributed by atoms with E-state index in [1.165, 1.54) is 11.3 Å². The van der Waals surface area contributed by atoms with E-state index in [9.17, 15) is 4.79 Å². The zero-order chi connectivity index (χ0) is 25.7. The van der Waals surface area contributed by atoms with E-state index in [4.69, 9.17) is 9.97 Å². The summed E-state index contributed by atoms with van der Waals surface area (Å²) in [5.74, 6) is 0.155. The van der Waals surface area contributed by atoms with Gasteiger partial charge in [0.2, 0.25) is 5.91 Å². The van der Waals surface area contributed by atoms with Gasteiger partial charge in [-0.1, -0.05) is 23.8 Å². The number of nitrogens with zero attached hydrogens (tertiary/aromatic N) is 5. The molecule has 1 atom stereocenters. The van der Waals surface area contributed by atoms with Crippen LogP contribution in [0.5, 0.6) is 0 Å². The SMILES string of the molecule is CC(=O)N1CCN(c2ccc(-c3ccn4c(-c5cc(C)nc6ccc(C)cc56)cnc4c3)cc2)C[C@@H]1C. The number of imidazole rings is 1. The Morgan fingerprint density at radius 2 is 1.76 bits per heavy atom. The van der Waals surface area contributed by atoms with Crippen molar-refractivity contribution in [1.29, 1.82) is 0 Å². The fourth-order valence-electron chi connectivity index (χ4n) is 5.57. The largest absolute Gasteiger partial charge is 0.368 e. The Kier molecular flexibility index (Phi) is 5.67. The van der Waals surface area contributed by atoms with E-state index >= 15 is 0 Å². The summed E-state index contributed by atoms with van der Waals surface area (Å²) in [4.78, 5) is 25.6. The molecule has 6 rings (SSSR count). The number of rotatable bonds is 3. The molecular weight excluding hydrogens is 458 g/mol. The lowest BCUT2D eigenvalue weighted by Crippen LogP contribution is -2.53. The number of fused-ring (bicyclic) bond motifs is 2. The number of pyridine rings is 2. The van der Waals surface area contributed by atoms with Crippen LogP contribution in [0.25, 0.3) is 38.9 Å². The van der Waals surface area contributed by atoms with Gasteiger partial charge in [0, 0.05) is 61.1 Å². The first-order valence-electron chi connectivity index (χ1n) is 12.9. The van der Waals surface area contributed by atoms with Gasteiger partial charge in [0.25, 0.3) is 0 Å². The molecule has 0 saturated carbocycles. The van der Waals surface area contributed by atoms with E-state index in [-0.39, 0.29) is 11.9 Å². The molecule has 0 aliphatic carbocycles. The molecule has 5 aromatic rings. The van der Waals surface area contributed by atoms with Crippen LogP contribution in [0.4, 0.5) is 5.69 Å². The Hall–Kier alpha value is -4.19. The molecule has 6 heteroatoms. The molecule has 1 aliphatic rings. The first-order valence-corrected chi connectivity index (χ1v) is 12.9. The highest BCUT2D eigenvalue weighted by Crippen LogP contribution is 2.32. The first-order chi connectivity index (χ1) is 17.9. The molecule has 2 aromatic carbocycles. The third-order valence-electron chi connectivity index (χ3n) is 7.48. The van der Waals surface area contributed by atoms with Gasteiger partial charge in [0.05, 0.1) is 17.4 Å². The quantitative estimate of drug-likeness (QED) is 0.317. The number of anilines is 1. The molecule has 3 aromatic heterocycles. The number of hydrogen-bond acceptors (Lipinski definition) is 4. The second-order valence-electron chi connectivity index (χ2n) is 10.2. The van der Waals surface area contributed by atoms with E-state index in [1.54, 1.807) is 6.92 Å². The van der Waals surface area contributed by atoms with Gasteiger partial charge < -0.3 is 9.80 Å². The number of benzene rings is 2. The zero-order valence-corrected chi connectivity index (χ0v) is 21.8. The molecule has 1 saturated heterocycles. The van der Waals surface area contributed by atoms with Gasteiger partial charge in [-0.3, -0.25) is 14.2 Å². The number of aryl methyl sites for hydroxylation is 2. The van der Waals surface area contributed by atoms with Crippen LogP contribution in [-0.4, -0.2) is 50.9 Å². The lowest BCUT2D eigenvalue weighted by Gasteiger charge is -2.40. The summed E-state index contributed by atoms with van der Waals surface area (Å²) in [6.45, 7) is 10.4. The highest BCUT2D eigenvalue weighted by Gasteiger charge is 2.25. The highest BCUT2D eigenvalue weighted by molar-refractivity contribution is 5.94. The topological polar surface area (TPSA) is 53.7 Å². The maximum atomic E-state index is 11.8. The molecule has 0 bridgehead atoms. The third kappa shape index (κ3) is 4.22. The molecule has 186 valence electrons. The number of amides is 1. The average Bonchev–Trinajstić information content (AvgIpc) is 3.31. The van der Waals surface area contributed by atoms with Gasteiger partial charge in [-0.25, -0.2) is 4.98 Å². The Morgan fingerprint density at radius 3 is 2.51 bits per heavy atom. The van der Waals surface area contributed by atoms with Crippen molar-refractivity contribution in [3.8, 4) is 22.4 Å². The number of hydrogen-bond donors (Lipinski definition) is 0. The summed E-state index contributed by atoms with van der Waals surface area (Å²) in [6.07, 6.45) is 4.07. The Morgan fingerprint density at radius 1 is 0.946 bits per heavy atom. The van der Waals surface area contributed by atoms with E-state index < -0.39 is 0 Å². The number of carbonyl (C=O) groups excluding carboxylic acids is 1. The van der Waals surface area contributed by atoms with Crippen LogP contribution in [-0.2, 0) is 4.79 Å². The minimum atomic E-state index is 0.155. The van der Waals surface area contributed by atoms with E-state index in [0.29, 0.717) is 0 Å². The average molecular weight is 490 g/mol. The molecule has 0 radical (unpaired) electrons. The van der Waals surface area contributed by atoms with Crippen LogP contribution in [0, 0.1) is 13.8 Å². The van der Waals surface area contributed by atoms with Gasteiger partial charge in [0.15, 0.2) is 0 Å². The Balaban J connectivity index is 1.30. The van der Waals surface area contributed by atoms with E-state index in [2.05, 4.69) is 90.0 Å². The maximum Gasteiger partial charge on any atom is 0.219 e. The molecule has 1 fully saturated rings. The van der Waals surface area contributed by atoms with Crippen molar-refractivity contribution in [2.45, 2.75) is 33.7 Å². The van der Waals surface area contributed by atoms with Crippen LogP contribution >= 0.6 is 0 Å². The lowest BCUT2D eigenvalue weighted by molar-refractivity contribution is -0.131. The molecule has 1 amide bonds. The maximum absolute atomic E-state index is 11.8. The van der Waals surface area contributed by atoms with Crippen molar-refractivity contribution in [2.24, 2.45) is 0 Å². The van der Waals surface area contributed by atoms with Gasteiger partial charge in [-0.05, 0) is 74.4 Å². The van der Waals surface area contributed by atoms with Crippen molar-refractivity contribution >= 4 is 28.1 Å². The molecule has 6 nitrogen and oxygen atoms in total. The van der Waals surface area contributed by atoms with Gasteiger partial charge in [-0.2, -0.15) is 0 Å². The second kappa shape index (κ2) is 9.04. The number of piperazine rings is 1. The molecule has 37 heavy (non-hydrogen) atoms. The molecule has 0 N–H and O–H groups in total. The highest BCUT2D eigenvalue weighted by atomic mass is 16.2. The van der Waals surface area contributed by atoms with Crippen LogP contribution < -0.4 is 4.90 Å². The van der Waals surface area contributed by atoms with Crippen LogP contribution in [0.3, 0.4) is 0 Å². The standard InChI is InChI=1S/C31H31N5O/c1-20-5-10-29-27(15-20)28(16-21(2)33-29)30-18-32-31-17-25(11-12-36(30)31)24-6-8-26(9-7-24)34-13-14-35(23(4)37)22(3)19-34/h5-12,15-18,22H,13-14,19H2,1-4H3/t22-/m0/s1. The van der Waals surface area contributed by atoms with Gasteiger partial charge in [0.1, 0.15) is 5.65 Å². The van der Waals surface area contributed by atoms with Gasteiger partial charge in [-0.15, -0.1) is 0 Å². The van der Waals surface area contributed by atoms with E-state index in [1.807, 2.05) is 18.0 Å². The molecular formula is C31H31N5O. The van der Waals surface area contributed by atoms with Crippen molar-refractivity contribution < 1.29 is 4.79 Å². The summed E-state index contributed by atoms with van der Waals surface area (Å²) in [5, 5.41) is 1.14. The third-order valence-corrected chi connectivity index (χ3v) is 7.48. The van der Waals surface area contributed by atoms with Crippen molar-refractivity contribution in [1.82, 2.24) is 19.3 Å². The first kappa shape index (κ1) is 23.2. The lowest BCUT2D eigenvalue weighted by atomic mass is 10.0. The second-order valence-corrected chi connectivity index (χ2v) is 10.2. The van der Waals surface area contributed by atoms with Crippen molar-refractivity contribution in [3.05, 3.63) is 84.3 Å². The van der Waals surface area contributed by atoms with E-state index in [0.717, 1.165) is 64.3 Å². The van der Waals surface area contributed by atoms with Crippen molar-refractivity contribution in [2.75, 3.05) is 24.5 Å². The number of carbonyl (C=O) groups is 1. The minimum Gasteiger partial charge on any atom is -0.368 e. The molecule has 4 heterocycles. The predicted octanol–water partition coefficient (Wildman–Crippen LogP) is 5.89. The van der Waals surface area contributed by atoms with Crippen LogP contribution in [0.2, 0.25) is 0 Å². The Labute approximate surface area is 217 Å². The fourth-order valence-corrected chi connectivity index (χ4v) is 5.57. The van der Waals surface area contributed by atoms with Gasteiger partial charge >= 0.3 is 0 Å². The number of aromatic nitrogens is 3. The monoisotopic (exact) mass is 489 g/mol. The normalized spacial score (nSPS) is 16.1. The summed E-state index contributed by atoms with van der Waals surface area (Å²) >= 11 is 0. The van der Waals surface area contributed by atoms with Crippen LogP contribution in [0.1, 0.15) is 25.1 Å².